The van der Waals surface area contributed by atoms with E-state index < -0.39 is 0 Å². The number of methoxy groups -OCH3 is 1. The zero-order valence-electron chi connectivity index (χ0n) is 11.6. The molecule has 0 radical (unpaired) electrons. The van der Waals surface area contributed by atoms with Crippen molar-refractivity contribution in [1.29, 1.82) is 0 Å². The Morgan fingerprint density at radius 2 is 2.00 bits per heavy atom. The van der Waals surface area contributed by atoms with Crippen LogP contribution in [-0.2, 0) is 4.74 Å². The third kappa shape index (κ3) is 1.98. The van der Waals surface area contributed by atoms with Gasteiger partial charge in [-0.25, -0.2) is 0 Å². The number of rotatable bonds is 2. The molecule has 0 saturated carbocycles. The summed E-state index contributed by atoms with van der Waals surface area (Å²) >= 11 is 0. The normalized spacial score (nSPS) is 34.8. The molecular weight excluding hydrogens is 222 g/mol. The van der Waals surface area contributed by atoms with Crippen molar-refractivity contribution < 1.29 is 4.74 Å². The number of nitrogens with zero attached hydrogens (tertiary/aromatic N) is 1. The minimum Gasteiger partial charge on any atom is -0.380 e. The lowest BCUT2D eigenvalue weighted by atomic mass is 9.80. The van der Waals surface area contributed by atoms with Crippen LogP contribution in [0.5, 0.6) is 0 Å². The number of aryl methyl sites for hydroxylation is 2. The molecule has 2 saturated heterocycles. The molecule has 98 valence electrons. The Kier molecular flexibility index (Phi) is 3.16. The summed E-state index contributed by atoms with van der Waals surface area (Å²) < 4.78 is 5.69. The summed E-state index contributed by atoms with van der Waals surface area (Å²) in [6.45, 7) is 7.98. The predicted molar refractivity (Wildman–Crippen MR) is 74.0 cm³/mol. The average molecular weight is 245 g/mol. The van der Waals surface area contributed by atoms with Crippen LogP contribution >= 0.6 is 0 Å². The lowest BCUT2D eigenvalue weighted by Gasteiger charge is -2.32. The predicted octanol–water partition coefficient (Wildman–Crippen LogP) is 2.74. The maximum Gasteiger partial charge on any atom is 0.0744 e. The van der Waals surface area contributed by atoms with Crippen molar-refractivity contribution in [2.75, 3.05) is 26.7 Å². The highest BCUT2D eigenvalue weighted by Gasteiger charge is 2.42. The Hall–Kier alpha value is -0.860. The van der Waals surface area contributed by atoms with Crippen LogP contribution < -0.4 is 0 Å². The van der Waals surface area contributed by atoms with Gasteiger partial charge in [-0.15, -0.1) is 0 Å². The molecule has 4 unspecified atom stereocenters. The first kappa shape index (κ1) is 12.2. The molecule has 2 aliphatic rings. The maximum atomic E-state index is 5.69. The van der Waals surface area contributed by atoms with Crippen LogP contribution in [0.15, 0.2) is 18.2 Å². The highest BCUT2D eigenvalue weighted by molar-refractivity contribution is 5.33. The molecule has 0 amide bonds. The van der Waals surface area contributed by atoms with Gasteiger partial charge in [-0.05, 0) is 49.4 Å². The van der Waals surface area contributed by atoms with Gasteiger partial charge in [0.05, 0.1) is 6.10 Å². The molecule has 0 aromatic heterocycles. The molecule has 2 heteroatoms. The molecule has 2 fully saturated rings. The third-order valence-electron chi connectivity index (χ3n) is 4.92. The summed E-state index contributed by atoms with van der Waals surface area (Å²) in [5.74, 6) is 1.37. The minimum absolute atomic E-state index is 0.430. The Morgan fingerprint density at radius 1 is 1.17 bits per heavy atom. The number of ether oxygens (including phenoxy) is 1. The zero-order valence-corrected chi connectivity index (χ0v) is 11.6. The van der Waals surface area contributed by atoms with Crippen molar-refractivity contribution in [3.8, 4) is 0 Å². The van der Waals surface area contributed by atoms with Crippen LogP contribution in [0.3, 0.4) is 0 Å². The molecule has 1 aromatic rings. The molecule has 4 atom stereocenters. The molecule has 2 aliphatic heterocycles. The first-order valence-corrected chi connectivity index (χ1v) is 7.01. The lowest BCUT2D eigenvalue weighted by molar-refractivity contribution is 0.0740. The van der Waals surface area contributed by atoms with E-state index in [1.54, 1.807) is 0 Å². The van der Waals surface area contributed by atoms with Gasteiger partial charge >= 0.3 is 0 Å². The maximum absolute atomic E-state index is 5.69. The van der Waals surface area contributed by atoms with E-state index in [1.807, 2.05) is 7.11 Å². The summed E-state index contributed by atoms with van der Waals surface area (Å²) in [5, 5.41) is 0. The summed E-state index contributed by atoms with van der Waals surface area (Å²) in [4.78, 5) is 2.55. The molecule has 2 nitrogen and oxygen atoms in total. The first-order valence-electron chi connectivity index (χ1n) is 7.01. The molecule has 3 rings (SSSR count). The molecule has 0 aliphatic carbocycles. The highest BCUT2D eigenvalue weighted by atomic mass is 16.5. The standard InChI is InChI=1S/C16H23NO/c1-11-4-5-13(8-12(11)2)14-6-7-17-9-15(14)16(10-17)18-3/h4-5,8,14-16H,6-7,9-10H2,1-3H3. The van der Waals surface area contributed by atoms with Crippen LogP contribution in [0.4, 0.5) is 0 Å². The molecule has 0 N–H and O–H groups in total. The van der Waals surface area contributed by atoms with Gasteiger partial charge in [-0.3, -0.25) is 0 Å². The van der Waals surface area contributed by atoms with Crippen molar-refractivity contribution in [2.45, 2.75) is 32.3 Å². The van der Waals surface area contributed by atoms with Gasteiger partial charge in [-0.2, -0.15) is 0 Å². The lowest BCUT2D eigenvalue weighted by Crippen LogP contribution is -2.32. The van der Waals surface area contributed by atoms with Crippen molar-refractivity contribution in [2.24, 2.45) is 5.92 Å². The van der Waals surface area contributed by atoms with E-state index in [4.69, 9.17) is 4.74 Å². The van der Waals surface area contributed by atoms with E-state index in [0.29, 0.717) is 17.9 Å². The zero-order chi connectivity index (χ0) is 12.7. The van der Waals surface area contributed by atoms with Crippen molar-refractivity contribution in [3.63, 3.8) is 0 Å². The van der Waals surface area contributed by atoms with E-state index >= 15 is 0 Å². The van der Waals surface area contributed by atoms with Gasteiger partial charge in [-0.1, -0.05) is 18.2 Å². The van der Waals surface area contributed by atoms with Crippen molar-refractivity contribution in [3.05, 3.63) is 34.9 Å². The molecule has 18 heavy (non-hydrogen) atoms. The topological polar surface area (TPSA) is 12.5 Å². The Morgan fingerprint density at radius 3 is 2.72 bits per heavy atom. The molecule has 2 bridgehead atoms. The Bertz CT molecular complexity index is 443. The number of hydrogen-bond acceptors (Lipinski definition) is 2. The van der Waals surface area contributed by atoms with E-state index in [1.165, 1.54) is 36.2 Å². The van der Waals surface area contributed by atoms with Crippen LogP contribution in [0, 0.1) is 19.8 Å². The monoisotopic (exact) mass is 245 g/mol. The summed E-state index contributed by atoms with van der Waals surface area (Å²) in [6, 6.07) is 6.99. The van der Waals surface area contributed by atoms with Gasteiger partial charge in [0.15, 0.2) is 0 Å². The SMILES string of the molecule is COC1CN2CCC(c3ccc(C)c(C)c3)C1C2. The smallest absolute Gasteiger partial charge is 0.0744 e. The second-order valence-corrected chi connectivity index (χ2v) is 5.94. The van der Waals surface area contributed by atoms with Crippen LogP contribution in [-0.4, -0.2) is 37.7 Å². The fourth-order valence-corrected chi connectivity index (χ4v) is 3.64. The largest absolute Gasteiger partial charge is 0.380 e. The van der Waals surface area contributed by atoms with Crippen LogP contribution in [0.1, 0.15) is 29.0 Å². The summed E-state index contributed by atoms with van der Waals surface area (Å²) in [5.41, 5.74) is 4.33. The second-order valence-electron chi connectivity index (χ2n) is 5.94. The van der Waals surface area contributed by atoms with Gasteiger partial charge in [0.1, 0.15) is 0 Å². The van der Waals surface area contributed by atoms with E-state index in [9.17, 15) is 0 Å². The van der Waals surface area contributed by atoms with Gasteiger partial charge < -0.3 is 9.64 Å². The van der Waals surface area contributed by atoms with E-state index in [-0.39, 0.29) is 0 Å². The average Bonchev–Trinajstić information content (AvgIpc) is 2.70. The number of hydrogen-bond donors (Lipinski definition) is 0. The minimum atomic E-state index is 0.430. The number of fused-ring (bicyclic) bond motifs is 2. The van der Waals surface area contributed by atoms with Gasteiger partial charge in [0.2, 0.25) is 0 Å². The first-order chi connectivity index (χ1) is 8.69. The van der Waals surface area contributed by atoms with Gasteiger partial charge in [0.25, 0.3) is 0 Å². The fraction of sp³-hybridized carbons (Fsp3) is 0.625. The fourth-order valence-electron chi connectivity index (χ4n) is 3.64. The Balaban J connectivity index is 1.88. The molecule has 0 spiro atoms. The van der Waals surface area contributed by atoms with Gasteiger partial charge in [0, 0.05) is 26.1 Å². The number of piperidine rings is 1. The van der Waals surface area contributed by atoms with E-state index in [0.717, 1.165) is 6.54 Å². The quantitative estimate of drug-likeness (QED) is 0.794. The summed E-state index contributed by atoms with van der Waals surface area (Å²) in [6.07, 6.45) is 1.71. The second kappa shape index (κ2) is 4.67. The van der Waals surface area contributed by atoms with Crippen molar-refractivity contribution >= 4 is 0 Å². The van der Waals surface area contributed by atoms with E-state index in [2.05, 4.69) is 36.9 Å². The third-order valence-corrected chi connectivity index (χ3v) is 4.92. The van der Waals surface area contributed by atoms with Crippen LogP contribution in [0.25, 0.3) is 0 Å². The van der Waals surface area contributed by atoms with Crippen molar-refractivity contribution in [1.82, 2.24) is 4.90 Å². The highest BCUT2D eigenvalue weighted by Crippen LogP contribution is 2.40. The van der Waals surface area contributed by atoms with Crippen LogP contribution in [0.2, 0.25) is 0 Å². The molecular formula is C16H23NO. The number of benzene rings is 1. The Labute approximate surface area is 110 Å². The molecule has 1 aromatic carbocycles. The molecule has 2 heterocycles. The summed E-state index contributed by atoms with van der Waals surface area (Å²) in [7, 11) is 1.87.